The average Bonchev–Trinajstić information content (AvgIpc) is 3.14. The van der Waals surface area contributed by atoms with Gasteiger partial charge in [-0.25, -0.2) is 4.99 Å². The van der Waals surface area contributed by atoms with Crippen LogP contribution in [-0.4, -0.2) is 41.5 Å². The molecule has 4 nitrogen and oxygen atoms in total. The summed E-state index contributed by atoms with van der Waals surface area (Å²) in [5.41, 5.74) is -0.802. The van der Waals surface area contributed by atoms with E-state index in [1.165, 1.54) is 64.2 Å². The Morgan fingerprint density at radius 3 is 1.96 bits per heavy atom. The van der Waals surface area contributed by atoms with E-state index in [0.717, 1.165) is 25.7 Å². The molecular weight excluding hydrogens is 350 g/mol. The standard InChI is InChI=1S/C24H43NO3/c1-2-3-4-5-6-7-8-9-10-11-12-13-14-15-16-17-18-19-23-25-24(20-26,21-27)22-28-23/h9-10,12-13,26-27H,2-8,11,14-22H2,1H3/b10-9-,13-12-. The fraction of sp³-hybridized carbons (Fsp3) is 0.792. The number of hydrogen-bond donors (Lipinski definition) is 2. The number of hydrogen-bond acceptors (Lipinski definition) is 4. The van der Waals surface area contributed by atoms with E-state index >= 15 is 0 Å². The fourth-order valence-electron chi connectivity index (χ4n) is 3.33. The van der Waals surface area contributed by atoms with Gasteiger partial charge in [0.05, 0.1) is 13.2 Å². The molecule has 0 amide bonds. The highest BCUT2D eigenvalue weighted by atomic mass is 16.5. The Kier molecular flexibility index (Phi) is 14.9. The average molecular weight is 394 g/mol. The molecule has 0 aliphatic carbocycles. The number of aliphatic hydroxyl groups is 2. The molecule has 0 atom stereocenters. The lowest BCUT2D eigenvalue weighted by molar-refractivity contribution is 0.0972. The smallest absolute Gasteiger partial charge is 0.184 e. The maximum atomic E-state index is 9.30. The van der Waals surface area contributed by atoms with Gasteiger partial charge in [0, 0.05) is 6.42 Å². The van der Waals surface area contributed by atoms with Gasteiger partial charge in [-0.1, -0.05) is 76.2 Å². The molecule has 0 unspecified atom stereocenters. The van der Waals surface area contributed by atoms with Crippen molar-refractivity contribution in [1.29, 1.82) is 0 Å². The second-order valence-electron chi connectivity index (χ2n) is 8.02. The second-order valence-corrected chi connectivity index (χ2v) is 8.02. The Labute approximate surface area is 172 Å². The van der Waals surface area contributed by atoms with E-state index in [9.17, 15) is 10.2 Å². The normalized spacial score (nSPS) is 16.2. The minimum atomic E-state index is -0.802. The third-order valence-corrected chi connectivity index (χ3v) is 5.30. The number of ether oxygens (including phenoxy) is 1. The second kappa shape index (κ2) is 16.8. The van der Waals surface area contributed by atoms with Crippen LogP contribution in [0, 0.1) is 0 Å². The zero-order valence-corrected chi connectivity index (χ0v) is 18.1. The van der Waals surface area contributed by atoms with E-state index in [1.54, 1.807) is 0 Å². The van der Waals surface area contributed by atoms with Gasteiger partial charge in [-0.05, 0) is 38.5 Å². The van der Waals surface area contributed by atoms with Gasteiger partial charge in [-0.3, -0.25) is 0 Å². The zero-order valence-electron chi connectivity index (χ0n) is 18.1. The first-order valence-corrected chi connectivity index (χ1v) is 11.5. The minimum absolute atomic E-state index is 0.159. The number of unbranched alkanes of at least 4 members (excludes halogenated alkanes) is 10. The molecular formula is C24H43NO3. The first-order chi connectivity index (χ1) is 13.8. The van der Waals surface area contributed by atoms with Gasteiger partial charge in [0.15, 0.2) is 5.90 Å². The van der Waals surface area contributed by atoms with Crippen LogP contribution in [-0.2, 0) is 4.74 Å². The van der Waals surface area contributed by atoms with Crippen LogP contribution in [0.15, 0.2) is 29.3 Å². The van der Waals surface area contributed by atoms with Crippen molar-refractivity contribution in [3.8, 4) is 0 Å². The van der Waals surface area contributed by atoms with E-state index in [0.29, 0.717) is 12.5 Å². The van der Waals surface area contributed by atoms with E-state index < -0.39 is 5.54 Å². The van der Waals surface area contributed by atoms with Crippen LogP contribution in [0.4, 0.5) is 0 Å². The van der Waals surface area contributed by atoms with Crippen molar-refractivity contribution in [3.05, 3.63) is 24.3 Å². The van der Waals surface area contributed by atoms with E-state index in [-0.39, 0.29) is 13.2 Å². The predicted octanol–water partition coefficient (Wildman–Crippen LogP) is 5.73. The molecule has 0 aromatic heterocycles. The van der Waals surface area contributed by atoms with Gasteiger partial charge in [-0.15, -0.1) is 0 Å². The van der Waals surface area contributed by atoms with Gasteiger partial charge < -0.3 is 14.9 Å². The summed E-state index contributed by atoms with van der Waals surface area (Å²) < 4.78 is 5.49. The van der Waals surface area contributed by atoms with Crippen molar-refractivity contribution >= 4 is 5.90 Å². The summed E-state index contributed by atoms with van der Waals surface area (Å²) in [5.74, 6) is 0.691. The summed E-state index contributed by atoms with van der Waals surface area (Å²) in [6.07, 6.45) is 26.4. The lowest BCUT2D eigenvalue weighted by Gasteiger charge is -2.16. The SMILES string of the molecule is CCCCCCCC/C=C\C/C=C\CCCCCCC1=NC(CO)(CO)CO1. The van der Waals surface area contributed by atoms with Gasteiger partial charge in [-0.2, -0.15) is 0 Å². The molecule has 1 rings (SSSR count). The van der Waals surface area contributed by atoms with Crippen molar-refractivity contribution in [3.63, 3.8) is 0 Å². The summed E-state index contributed by atoms with van der Waals surface area (Å²) >= 11 is 0. The fourth-order valence-corrected chi connectivity index (χ4v) is 3.33. The highest BCUT2D eigenvalue weighted by molar-refractivity contribution is 5.78. The largest absolute Gasteiger partial charge is 0.478 e. The molecule has 1 aliphatic heterocycles. The van der Waals surface area contributed by atoms with Crippen molar-refractivity contribution in [2.75, 3.05) is 19.8 Å². The summed E-state index contributed by atoms with van der Waals surface area (Å²) in [7, 11) is 0. The van der Waals surface area contributed by atoms with Crippen molar-refractivity contribution in [2.45, 2.75) is 102 Å². The minimum Gasteiger partial charge on any atom is -0.478 e. The molecule has 28 heavy (non-hydrogen) atoms. The quantitative estimate of drug-likeness (QED) is 0.231. The van der Waals surface area contributed by atoms with Gasteiger partial charge in [0.2, 0.25) is 0 Å². The Balaban J connectivity index is 1.89. The maximum absolute atomic E-state index is 9.30. The number of nitrogens with zero attached hydrogens (tertiary/aromatic N) is 1. The number of allylic oxidation sites excluding steroid dienone is 4. The van der Waals surface area contributed by atoms with Crippen molar-refractivity contribution in [1.82, 2.24) is 0 Å². The summed E-state index contributed by atoms with van der Waals surface area (Å²) in [4.78, 5) is 4.34. The van der Waals surface area contributed by atoms with E-state index in [1.807, 2.05) is 0 Å². The molecule has 1 aliphatic rings. The number of rotatable bonds is 18. The monoisotopic (exact) mass is 393 g/mol. The van der Waals surface area contributed by atoms with Crippen LogP contribution < -0.4 is 0 Å². The third-order valence-electron chi connectivity index (χ3n) is 5.30. The highest BCUT2D eigenvalue weighted by Crippen LogP contribution is 2.20. The summed E-state index contributed by atoms with van der Waals surface area (Å²) in [5, 5.41) is 18.6. The van der Waals surface area contributed by atoms with E-state index in [2.05, 4.69) is 36.2 Å². The lowest BCUT2D eigenvalue weighted by atomic mass is 10.1. The molecule has 0 bridgehead atoms. The van der Waals surface area contributed by atoms with Crippen LogP contribution in [0.5, 0.6) is 0 Å². The van der Waals surface area contributed by atoms with Gasteiger partial charge in [0.1, 0.15) is 12.1 Å². The third kappa shape index (κ3) is 11.7. The maximum Gasteiger partial charge on any atom is 0.184 e. The molecule has 0 aromatic carbocycles. The molecule has 0 radical (unpaired) electrons. The highest BCUT2D eigenvalue weighted by Gasteiger charge is 2.35. The molecule has 2 N–H and O–H groups in total. The van der Waals surface area contributed by atoms with Crippen molar-refractivity contribution < 1.29 is 14.9 Å². The first kappa shape index (κ1) is 24.9. The van der Waals surface area contributed by atoms with Crippen molar-refractivity contribution in [2.24, 2.45) is 4.99 Å². The molecule has 4 heteroatoms. The predicted molar refractivity (Wildman–Crippen MR) is 119 cm³/mol. The van der Waals surface area contributed by atoms with Crippen LogP contribution in [0.3, 0.4) is 0 Å². The number of aliphatic imine (C=N–C) groups is 1. The van der Waals surface area contributed by atoms with Gasteiger partial charge in [0.25, 0.3) is 0 Å². The van der Waals surface area contributed by atoms with E-state index in [4.69, 9.17) is 4.74 Å². The molecule has 0 spiro atoms. The van der Waals surface area contributed by atoms with Crippen LogP contribution in [0.1, 0.15) is 96.8 Å². The molecule has 0 saturated heterocycles. The Morgan fingerprint density at radius 2 is 1.39 bits per heavy atom. The van der Waals surface area contributed by atoms with Crippen LogP contribution >= 0.6 is 0 Å². The Morgan fingerprint density at radius 1 is 0.821 bits per heavy atom. The molecule has 0 fully saturated rings. The number of aliphatic hydroxyl groups excluding tert-OH is 2. The Hall–Kier alpha value is -1.13. The first-order valence-electron chi connectivity index (χ1n) is 11.5. The van der Waals surface area contributed by atoms with Gasteiger partial charge >= 0.3 is 0 Å². The summed E-state index contributed by atoms with van der Waals surface area (Å²) in [6.45, 7) is 2.25. The molecule has 0 aromatic rings. The van der Waals surface area contributed by atoms with Crippen LogP contribution in [0.25, 0.3) is 0 Å². The topological polar surface area (TPSA) is 62.1 Å². The molecule has 1 heterocycles. The summed E-state index contributed by atoms with van der Waals surface area (Å²) in [6, 6.07) is 0. The van der Waals surface area contributed by atoms with Crippen LogP contribution in [0.2, 0.25) is 0 Å². The Bertz CT molecular complexity index is 453. The molecule has 162 valence electrons. The lowest BCUT2D eigenvalue weighted by Crippen LogP contribution is -2.37. The molecule has 0 saturated carbocycles. The zero-order chi connectivity index (χ0) is 20.3.